The van der Waals surface area contributed by atoms with Gasteiger partial charge in [-0.25, -0.2) is 0 Å². The first kappa shape index (κ1) is 11.8. The zero-order valence-electron chi connectivity index (χ0n) is 7.92. The minimum atomic E-state index is 0.402. The van der Waals surface area contributed by atoms with Crippen LogP contribution in [0.4, 0.5) is 0 Å². The second kappa shape index (κ2) is 6.38. The molecule has 0 heterocycles. The van der Waals surface area contributed by atoms with Gasteiger partial charge in [-0.2, -0.15) is 0 Å². The van der Waals surface area contributed by atoms with E-state index in [1.54, 1.807) is 25.4 Å². The molecule has 0 spiro atoms. The van der Waals surface area contributed by atoms with E-state index in [-0.39, 0.29) is 0 Å². The molecule has 0 N–H and O–H groups in total. The Morgan fingerprint density at radius 2 is 2.08 bits per heavy atom. The van der Waals surface area contributed by atoms with E-state index in [1.165, 1.54) is 0 Å². The molecule has 0 atom stereocenters. The van der Waals surface area contributed by atoms with Gasteiger partial charge in [0.05, 0.1) is 5.70 Å². The lowest BCUT2D eigenvalue weighted by Crippen LogP contribution is -1.86. The van der Waals surface area contributed by atoms with Crippen LogP contribution in [0.3, 0.4) is 0 Å². The maximum absolute atomic E-state index is 5.72. The highest BCUT2D eigenvalue weighted by Gasteiger charge is 1.95. The number of hydrogen-bond donors (Lipinski definition) is 0. The van der Waals surface area contributed by atoms with Crippen molar-refractivity contribution >= 4 is 23.0 Å². The quantitative estimate of drug-likeness (QED) is 0.488. The molecule has 0 bridgehead atoms. The highest BCUT2D eigenvalue weighted by Crippen LogP contribution is 2.09. The summed E-state index contributed by atoms with van der Waals surface area (Å²) in [6.45, 7) is 9.14. The Kier molecular flexibility index (Phi) is 5.81. The third kappa shape index (κ3) is 5.15. The number of hydrogen-bond acceptors (Lipinski definition) is 2. The number of nitrogens with zero attached hydrogens (tertiary/aromatic N) is 2. The molecule has 0 aromatic rings. The van der Waals surface area contributed by atoms with E-state index >= 15 is 0 Å². The zero-order valence-corrected chi connectivity index (χ0v) is 8.67. The second-order valence-corrected chi connectivity index (χ2v) is 2.76. The fourth-order valence-electron chi connectivity index (χ4n) is 0.581. The van der Waals surface area contributed by atoms with Gasteiger partial charge in [0.2, 0.25) is 0 Å². The molecular weight excluding hydrogens is 184 g/mol. The molecule has 0 amide bonds. The van der Waals surface area contributed by atoms with Gasteiger partial charge in [0.1, 0.15) is 5.17 Å². The molecule has 3 heteroatoms. The van der Waals surface area contributed by atoms with Crippen molar-refractivity contribution in [3.05, 3.63) is 36.6 Å². The van der Waals surface area contributed by atoms with E-state index in [0.29, 0.717) is 10.9 Å². The van der Waals surface area contributed by atoms with Crippen molar-refractivity contribution in [3.8, 4) is 0 Å². The van der Waals surface area contributed by atoms with Crippen LogP contribution in [0, 0.1) is 0 Å². The van der Waals surface area contributed by atoms with Crippen LogP contribution in [0.2, 0.25) is 0 Å². The molecule has 0 aliphatic rings. The van der Waals surface area contributed by atoms with Crippen LogP contribution in [-0.4, -0.2) is 18.4 Å². The molecule has 2 nitrogen and oxygen atoms in total. The molecule has 0 unspecified atom stereocenters. The van der Waals surface area contributed by atoms with Gasteiger partial charge in [-0.1, -0.05) is 30.8 Å². The zero-order chi connectivity index (χ0) is 10.3. The van der Waals surface area contributed by atoms with Gasteiger partial charge in [0, 0.05) is 19.3 Å². The van der Waals surface area contributed by atoms with Crippen molar-refractivity contribution < 1.29 is 0 Å². The van der Waals surface area contributed by atoms with E-state index in [4.69, 9.17) is 11.6 Å². The van der Waals surface area contributed by atoms with Gasteiger partial charge < -0.3 is 0 Å². The summed E-state index contributed by atoms with van der Waals surface area (Å²) in [4.78, 5) is 7.87. The molecular formula is C10H13ClN2. The van der Waals surface area contributed by atoms with Crippen LogP contribution in [0.25, 0.3) is 0 Å². The molecule has 0 aromatic carbocycles. The smallest absolute Gasteiger partial charge is 0.125 e. The van der Waals surface area contributed by atoms with Crippen LogP contribution in [-0.2, 0) is 0 Å². The Morgan fingerprint density at radius 3 is 2.46 bits per heavy atom. The first-order valence-electron chi connectivity index (χ1n) is 3.76. The van der Waals surface area contributed by atoms with E-state index < -0.39 is 0 Å². The lowest BCUT2D eigenvalue weighted by molar-refractivity contribution is 1.31. The Bertz CT molecular complexity index is 285. The second-order valence-electron chi connectivity index (χ2n) is 2.37. The lowest BCUT2D eigenvalue weighted by atomic mass is 10.2. The number of halogens is 1. The van der Waals surface area contributed by atoms with E-state index in [0.717, 1.165) is 5.57 Å². The van der Waals surface area contributed by atoms with Crippen LogP contribution in [0.15, 0.2) is 46.6 Å². The van der Waals surface area contributed by atoms with Crippen molar-refractivity contribution in [1.82, 2.24) is 0 Å². The molecule has 0 radical (unpaired) electrons. The van der Waals surface area contributed by atoms with Gasteiger partial charge >= 0.3 is 0 Å². The van der Waals surface area contributed by atoms with Crippen molar-refractivity contribution in [2.45, 2.75) is 6.92 Å². The van der Waals surface area contributed by atoms with Crippen molar-refractivity contribution in [2.24, 2.45) is 9.98 Å². The summed E-state index contributed by atoms with van der Waals surface area (Å²) in [6, 6.07) is 0. The first-order chi connectivity index (χ1) is 6.11. The maximum atomic E-state index is 5.72. The van der Waals surface area contributed by atoms with Crippen molar-refractivity contribution in [2.75, 3.05) is 7.05 Å². The van der Waals surface area contributed by atoms with Gasteiger partial charge in [-0.15, -0.1) is 0 Å². The minimum absolute atomic E-state index is 0.402. The molecule has 0 aromatic heterocycles. The highest BCUT2D eigenvalue weighted by atomic mass is 35.5. The third-order valence-electron chi connectivity index (χ3n) is 1.23. The molecule has 13 heavy (non-hydrogen) atoms. The Morgan fingerprint density at radius 1 is 1.46 bits per heavy atom. The summed E-state index contributed by atoms with van der Waals surface area (Å²) >= 11 is 5.72. The predicted molar refractivity (Wildman–Crippen MR) is 60.8 cm³/mol. The first-order valence-corrected chi connectivity index (χ1v) is 4.14. The molecule has 70 valence electrons. The van der Waals surface area contributed by atoms with Crippen molar-refractivity contribution in [1.29, 1.82) is 0 Å². The lowest BCUT2D eigenvalue weighted by Gasteiger charge is -1.97. The Labute approximate surface area is 84.0 Å². The van der Waals surface area contributed by atoms with Crippen LogP contribution < -0.4 is 0 Å². The van der Waals surface area contributed by atoms with Gasteiger partial charge in [-0.3, -0.25) is 9.98 Å². The Hall–Kier alpha value is -1.15. The molecule has 0 aliphatic heterocycles. The summed E-state index contributed by atoms with van der Waals surface area (Å²) in [7, 11) is 1.62. The van der Waals surface area contributed by atoms with Crippen LogP contribution in [0.1, 0.15) is 6.92 Å². The fraction of sp³-hybridized carbons (Fsp3) is 0.200. The molecule has 0 saturated carbocycles. The standard InChI is InChI=1S/C10H13ClN2/c1-5-6-13-9(8(2)3)7-10(11)12-4/h5-7H,1-2H2,3-4H3/b9-7+,12-10?,13-6?. The minimum Gasteiger partial charge on any atom is -0.276 e. The van der Waals surface area contributed by atoms with Crippen molar-refractivity contribution in [3.63, 3.8) is 0 Å². The normalized spacial score (nSPS) is 13.5. The monoisotopic (exact) mass is 196 g/mol. The number of aliphatic imine (C=N–C) groups is 2. The summed E-state index contributed by atoms with van der Waals surface area (Å²) < 4.78 is 0. The summed E-state index contributed by atoms with van der Waals surface area (Å²) in [5.41, 5.74) is 1.54. The van der Waals surface area contributed by atoms with Gasteiger partial charge in [0.15, 0.2) is 0 Å². The van der Waals surface area contributed by atoms with E-state index in [1.807, 2.05) is 6.92 Å². The topological polar surface area (TPSA) is 24.7 Å². The number of allylic oxidation sites excluding steroid dienone is 3. The van der Waals surface area contributed by atoms with Crippen LogP contribution in [0.5, 0.6) is 0 Å². The average molecular weight is 197 g/mol. The van der Waals surface area contributed by atoms with E-state index in [9.17, 15) is 0 Å². The molecule has 0 aliphatic carbocycles. The Balaban J connectivity index is 4.80. The summed E-state index contributed by atoms with van der Waals surface area (Å²) in [5.74, 6) is 0. The molecule has 0 fully saturated rings. The van der Waals surface area contributed by atoms with Gasteiger partial charge in [0.25, 0.3) is 0 Å². The average Bonchev–Trinajstić information content (AvgIpc) is 2.11. The molecule has 0 saturated heterocycles. The summed E-state index contributed by atoms with van der Waals surface area (Å²) in [6.07, 6.45) is 4.83. The SMILES string of the molecule is C=CC=N/C(=C/C(Cl)=NC)C(=C)C. The van der Waals surface area contributed by atoms with Gasteiger partial charge in [-0.05, 0) is 12.5 Å². The largest absolute Gasteiger partial charge is 0.276 e. The van der Waals surface area contributed by atoms with E-state index in [2.05, 4.69) is 23.1 Å². The summed E-state index contributed by atoms with van der Waals surface area (Å²) in [5, 5.41) is 0.402. The fourth-order valence-corrected chi connectivity index (χ4v) is 0.684. The highest BCUT2D eigenvalue weighted by molar-refractivity contribution is 6.68. The maximum Gasteiger partial charge on any atom is 0.125 e. The number of rotatable bonds is 4. The predicted octanol–water partition coefficient (Wildman–Crippen LogP) is 2.97. The molecule has 0 rings (SSSR count). The third-order valence-corrected chi connectivity index (χ3v) is 1.50. The van der Waals surface area contributed by atoms with Crippen LogP contribution >= 0.6 is 11.6 Å².